The summed E-state index contributed by atoms with van der Waals surface area (Å²) in [7, 11) is 3.08. The maximum absolute atomic E-state index is 10.7. The van der Waals surface area contributed by atoms with Crippen LogP contribution in [-0.2, 0) is 12.8 Å². The largest absolute Gasteiger partial charge is 0.504 e. The van der Waals surface area contributed by atoms with E-state index in [-0.39, 0.29) is 11.5 Å². The maximum Gasteiger partial charge on any atom is 0.165 e. The molecule has 0 aliphatic carbocycles. The highest BCUT2D eigenvalue weighted by Gasteiger charge is 2.19. The van der Waals surface area contributed by atoms with Crippen molar-refractivity contribution in [2.24, 2.45) is 0 Å². The Bertz CT molecular complexity index is 674. The van der Waals surface area contributed by atoms with Crippen LogP contribution in [0, 0.1) is 0 Å². The van der Waals surface area contributed by atoms with Crippen molar-refractivity contribution in [1.82, 2.24) is 0 Å². The van der Waals surface area contributed by atoms with Crippen molar-refractivity contribution in [2.45, 2.75) is 52.4 Å². The number of phenolic OH excluding ortho intramolecular Hbond substituents is 2. The Hall–Kier alpha value is -2.36. The second-order valence-electron chi connectivity index (χ2n) is 6.60. The van der Waals surface area contributed by atoms with Crippen LogP contribution in [0.25, 0.3) is 11.1 Å². The Kier molecular flexibility index (Phi) is 7.19. The first-order valence-electron chi connectivity index (χ1n) is 9.35. The van der Waals surface area contributed by atoms with E-state index in [1.807, 2.05) is 24.3 Å². The maximum atomic E-state index is 10.7. The Morgan fingerprint density at radius 3 is 1.38 bits per heavy atom. The normalized spacial score (nSPS) is 10.8. The number of rotatable bonds is 9. The molecule has 4 nitrogen and oxygen atoms in total. The van der Waals surface area contributed by atoms with Gasteiger partial charge in [-0.05, 0) is 61.1 Å². The van der Waals surface area contributed by atoms with Crippen molar-refractivity contribution < 1.29 is 19.7 Å². The van der Waals surface area contributed by atoms with Crippen LogP contribution in [0.2, 0.25) is 0 Å². The third-order valence-electron chi connectivity index (χ3n) is 4.64. The zero-order valence-corrected chi connectivity index (χ0v) is 16.3. The summed E-state index contributed by atoms with van der Waals surface area (Å²) in [6, 6.07) is 7.60. The van der Waals surface area contributed by atoms with Crippen LogP contribution < -0.4 is 9.47 Å². The minimum Gasteiger partial charge on any atom is -0.504 e. The summed E-state index contributed by atoms with van der Waals surface area (Å²) >= 11 is 0. The topological polar surface area (TPSA) is 58.9 Å². The first kappa shape index (κ1) is 20.0. The summed E-state index contributed by atoms with van der Waals surface area (Å²) < 4.78 is 10.7. The molecule has 142 valence electrons. The molecule has 0 heterocycles. The second-order valence-corrected chi connectivity index (χ2v) is 6.60. The van der Waals surface area contributed by atoms with Gasteiger partial charge in [-0.15, -0.1) is 0 Å². The molecule has 0 aromatic heterocycles. The molecule has 0 unspecified atom stereocenters. The third kappa shape index (κ3) is 4.43. The lowest BCUT2D eigenvalue weighted by Gasteiger charge is -2.16. The highest BCUT2D eigenvalue weighted by Crippen LogP contribution is 2.45. The molecule has 2 aromatic rings. The fraction of sp³-hybridized carbons (Fsp3) is 0.455. The molecular formula is C22H30O4. The first-order chi connectivity index (χ1) is 12.5. The van der Waals surface area contributed by atoms with Gasteiger partial charge in [-0.3, -0.25) is 0 Å². The van der Waals surface area contributed by atoms with Crippen molar-refractivity contribution in [3.63, 3.8) is 0 Å². The second kappa shape index (κ2) is 9.37. The first-order valence-corrected chi connectivity index (χ1v) is 9.35. The number of benzene rings is 2. The van der Waals surface area contributed by atoms with E-state index in [4.69, 9.17) is 9.47 Å². The summed E-state index contributed by atoms with van der Waals surface area (Å²) in [5, 5.41) is 21.3. The number of ether oxygens (including phenoxy) is 2. The molecule has 0 bridgehead atoms. The molecular weight excluding hydrogens is 328 g/mol. The zero-order chi connectivity index (χ0) is 19.1. The van der Waals surface area contributed by atoms with Gasteiger partial charge >= 0.3 is 0 Å². The van der Waals surface area contributed by atoms with E-state index in [0.29, 0.717) is 22.6 Å². The number of unbranched alkanes of at least 4 members (excludes halogenated alkanes) is 2. The van der Waals surface area contributed by atoms with Crippen molar-refractivity contribution >= 4 is 0 Å². The fourth-order valence-electron chi connectivity index (χ4n) is 3.10. The number of hydrogen-bond donors (Lipinski definition) is 2. The van der Waals surface area contributed by atoms with Crippen LogP contribution in [0.5, 0.6) is 23.0 Å². The molecule has 2 N–H and O–H groups in total. The Morgan fingerprint density at radius 1 is 0.692 bits per heavy atom. The summed E-state index contributed by atoms with van der Waals surface area (Å²) in [6.45, 7) is 4.29. The monoisotopic (exact) mass is 358 g/mol. The Labute approximate surface area is 156 Å². The highest BCUT2D eigenvalue weighted by atomic mass is 16.5. The molecule has 0 fully saturated rings. The minimum absolute atomic E-state index is 0.0396. The number of hydrogen-bond acceptors (Lipinski definition) is 4. The molecule has 0 atom stereocenters. The average Bonchev–Trinajstić information content (AvgIpc) is 2.66. The quantitative estimate of drug-likeness (QED) is 0.624. The summed E-state index contributed by atoms with van der Waals surface area (Å²) in [5.74, 6) is 0.923. The van der Waals surface area contributed by atoms with E-state index in [9.17, 15) is 10.2 Å². The molecule has 4 heteroatoms. The van der Waals surface area contributed by atoms with Gasteiger partial charge in [0.05, 0.1) is 14.2 Å². The lowest BCUT2D eigenvalue weighted by atomic mass is 9.95. The molecule has 0 spiro atoms. The van der Waals surface area contributed by atoms with Gasteiger partial charge in [0.2, 0.25) is 0 Å². The molecule has 0 aliphatic rings. The van der Waals surface area contributed by atoms with E-state index < -0.39 is 0 Å². The molecule has 0 amide bonds. The summed E-state index contributed by atoms with van der Waals surface area (Å²) in [6.07, 6.45) is 6.08. The van der Waals surface area contributed by atoms with Gasteiger partial charge in [0.25, 0.3) is 0 Å². The lowest BCUT2D eigenvalue weighted by Crippen LogP contribution is -1.95. The van der Waals surface area contributed by atoms with Crippen molar-refractivity contribution in [1.29, 1.82) is 0 Å². The smallest absolute Gasteiger partial charge is 0.165 e. The van der Waals surface area contributed by atoms with Gasteiger partial charge in [-0.2, -0.15) is 0 Å². The van der Waals surface area contributed by atoms with Gasteiger partial charge < -0.3 is 19.7 Å². The van der Waals surface area contributed by atoms with Crippen LogP contribution in [0.4, 0.5) is 0 Å². The van der Waals surface area contributed by atoms with E-state index >= 15 is 0 Å². The van der Waals surface area contributed by atoms with Crippen molar-refractivity contribution in [3.8, 4) is 34.1 Å². The Balaban J connectivity index is 2.61. The van der Waals surface area contributed by atoms with Crippen LogP contribution in [0.3, 0.4) is 0 Å². The van der Waals surface area contributed by atoms with Gasteiger partial charge in [0.1, 0.15) is 0 Å². The average molecular weight is 358 g/mol. The number of methoxy groups -OCH3 is 2. The van der Waals surface area contributed by atoms with Crippen LogP contribution >= 0.6 is 0 Å². The van der Waals surface area contributed by atoms with Gasteiger partial charge in [-0.1, -0.05) is 26.7 Å². The number of aromatic hydroxyl groups is 2. The van der Waals surface area contributed by atoms with E-state index in [1.54, 1.807) is 14.2 Å². The predicted octanol–water partition coefficient (Wildman–Crippen LogP) is 5.47. The summed E-state index contributed by atoms with van der Waals surface area (Å²) in [5.41, 5.74) is 3.30. The van der Waals surface area contributed by atoms with Crippen molar-refractivity contribution in [3.05, 3.63) is 35.4 Å². The Morgan fingerprint density at radius 2 is 1.08 bits per heavy atom. The van der Waals surface area contributed by atoms with E-state index in [1.165, 1.54) is 0 Å². The molecule has 0 saturated carbocycles. The van der Waals surface area contributed by atoms with Crippen molar-refractivity contribution in [2.75, 3.05) is 14.2 Å². The molecule has 0 aliphatic heterocycles. The number of phenols is 2. The minimum atomic E-state index is 0.0396. The lowest BCUT2D eigenvalue weighted by molar-refractivity contribution is 0.370. The third-order valence-corrected chi connectivity index (χ3v) is 4.64. The molecule has 2 aromatic carbocycles. The van der Waals surface area contributed by atoms with Crippen LogP contribution in [0.15, 0.2) is 24.3 Å². The van der Waals surface area contributed by atoms with Gasteiger partial charge in [0.15, 0.2) is 23.0 Å². The highest BCUT2D eigenvalue weighted by molar-refractivity contribution is 5.81. The molecule has 0 radical (unpaired) electrons. The van der Waals surface area contributed by atoms with E-state index in [0.717, 1.165) is 49.7 Å². The van der Waals surface area contributed by atoms with E-state index in [2.05, 4.69) is 13.8 Å². The van der Waals surface area contributed by atoms with Gasteiger partial charge in [0, 0.05) is 11.1 Å². The fourth-order valence-corrected chi connectivity index (χ4v) is 3.10. The zero-order valence-electron chi connectivity index (χ0n) is 16.3. The van der Waals surface area contributed by atoms with Crippen LogP contribution in [-0.4, -0.2) is 24.4 Å². The standard InChI is InChI=1S/C22H30O4/c1-5-7-9-15-11-17(21(23)19(13-15)25-3)18-12-16(10-8-6-2)14-20(26-4)22(18)24/h11-14,23-24H,5-10H2,1-4H3. The summed E-state index contributed by atoms with van der Waals surface area (Å²) in [4.78, 5) is 0. The van der Waals surface area contributed by atoms with Gasteiger partial charge in [-0.25, -0.2) is 0 Å². The predicted molar refractivity (Wildman–Crippen MR) is 106 cm³/mol. The molecule has 26 heavy (non-hydrogen) atoms. The molecule has 2 rings (SSSR count). The molecule has 0 saturated heterocycles. The van der Waals surface area contributed by atoms with Crippen LogP contribution in [0.1, 0.15) is 50.7 Å². The number of aryl methyl sites for hydroxylation is 2. The SMILES string of the molecule is CCCCc1cc(OC)c(O)c(-c2cc(CCCC)cc(OC)c2O)c1.